The number of alkyl halides is 1. The van der Waals surface area contributed by atoms with E-state index in [2.05, 4.69) is 80.7 Å². The summed E-state index contributed by atoms with van der Waals surface area (Å²) in [5.41, 5.74) is 4.11. The monoisotopic (exact) mass is 506 g/mol. The zero-order chi connectivity index (χ0) is 25.3. The van der Waals surface area contributed by atoms with Gasteiger partial charge < -0.3 is 5.32 Å². The summed E-state index contributed by atoms with van der Waals surface area (Å²) in [7, 11) is 0. The fourth-order valence-corrected chi connectivity index (χ4v) is 7.10. The summed E-state index contributed by atoms with van der Waals surface area (Å²) in [5, 5.41) is 4.28. The maximum absolute atomic E-state index is 6.67. The Morgan fingerprint density at radius 1 is 0.944 bits per heavy atom. The van der Waals surface area contributed by atoms with E-state index in [1.807, 2.05) is 0 Å². The second-order valence-electron chi connectivity index (χ2n) is 11.4. The summed E-state index contributed by atoms with van der Waals surface area (Å²) in [6, 6.07) is 9.78. The number of aliphatic imine (C=N–C) groups is 1. The number of hydrogen-bond acceptors (Lipinski definition) is 2. The van der Waals surface area contributed by atoms with E-state index >= 15 is 0 Å². The third kappa shape index (κ3) is 7.15. The molecule has 2 nitrogen and oxygen atoms in total. The first kappa shape index (κ1) is 27.2. The number of rotatable bonds is 7. The van der Waals surface area contributed by atoms with Gasteiger partial charge in [-0.15, -0.1) is 11.6 Å². The molecule has 1 aromatic carbocycles. The van der Waals surface area contributed by atoms with Gasteiger partial charge in [0.25, 0.3) is 0 Å². The van der Waals surface area contributed by atoms with Crippen LogP contribution < -0.4 is 5.32 Å². The van der Waals surface area contributed by atoms with Crippen LogP contribution in [0.5, 0.6) is 0 Å². The molecule has 4 rings (SSSR count). The Hall–Kier alpha value is -1.80. The quantitative estimate of drug-likeness (QED) is 0.170. The third-order valence-corrected chi connectivity index (χ3v) is 8.97. The molecule has 0 saturated heterocycles. The Bertz CT molecular complexity index is 935. The van der Waals surface area contributed by atoms with Crippen LogP contribution in [0.2, 0.25) is 0 Å². The standard InChI is InChI=1S/C33H47ClN2/c1-4-6-7-8-10-13-25-16-18-27(19-17-25)33-35-31(26-14-11-9-12-15-26)30(5-2)32(36-33)28-20-21-29(34)23-24(3)22-28/h5-8,10,16-19,24,26,28-29,31-32H,4,9,11-15,20-23H2,1-3H3,(H,35,36)/b7-6-,10-8-,30-5+/t24-,28?,29?,31?,32?/m1/s1. The van der Waals surface area contributed by atoms with Crippen LogP contribution in [0.3, 0.4) is 0 Å². The molecule has 1 aliphatic heterocycles. The first-order valence-corrected chi connectivity index (χ1v) is 15.1. The van der Waals surface area contributed by atoms with Gasteiger partial charge >= 0.3 is 0 Å². The Labute approximate surface area is 225 Å². The molecule has 1 heterocycles. The third-order valence-electron chi connectivity index (χ3n) is 8.58. The van der Waals surface area contributed by atoms with Crippen molar-refractivity contribution in [3.63, 3.8) is 0 Å². The number of nitrogens with zero attached hydrogens (tertiary/aromatic N) is 1. The van der Waals surface area contributed by atoms with Crippen LogP contribution in [0.4, 0.5) is 0 Å². The Kier molecular flexibility index (Phi) is 10.3. The molecule has 36 heavy (non-hydrogen) atoms. The minimum absolute atomic E-state index is 0.274. The minimum atomic E-state index is 0.274. The highest BCUT2D eigenvalue weighted by atomic mass is 35.5. The van der Waals surface area contributed by atoms with Crippen LogP contribution in [0.1, 0.15) is 96.1 Å². The molecule has 3 aliphatic rings. The fraction of sp³-hybridized carbons (Fsp3) is 0.606. The van der Waals surface area contributed by atoms with E-state index in [9.17, 15) is 0 Å². The Morgan fingerprint density at radius 2 is 1.69 bits per heavy atom. The van der Waals surface area contributed by atoms with Gasteiger partial charge in [0.1, 0.15) is 5.84 Å². The maximum atomic E-state index is 6.67. The SMILES string of the molecule is C/C=C1/C(C2CCC(Cl)C[C@H](C)C2)N=C(c2ccc(C/C=C\C=C/CC)cc2)NC1C1CCCCC1. The predicted molar refractivity (Wildman–Crippen MR) is 157 cm³/mol. The van der Waals surface area contributed by atoms with Crippen molar-refractivity contribution in [1.82, 2.24) is 5.32 Å². The van der Waals surface area contributed by atoms with Crippen LogP contribution in [-0.4, -0.2) is 23.3 Å². The zero-order valence-electron chi connectivity index (χ0n) is 22.8. The molecule has 1 aromatic rings. The number of amidine groups is 1. The molecule has 0 bridgehead atoms. The van der Waals surface area contributed by atoms with Crippen LogP contribution in [0.25, 0.3) is 0 Å². The van der Waals surface area contributed by atoms with Gasteiger partial charge in [-0.2, -0.15) is 0 Å². The summed E-state index contributed by atoms with van der Waals surface area (Å²) in [6.07, 6.45) is 24.6. The normalized spacial score (nSPS) is 31.5. The van der Waals surface area contributed by atoms with Crippen molar-refractivity contribution in [2.45, 2.75) is 109 Å². The van der Waals surface area contributed by atoms with E-state index in [-0.39, 0.29) is 6.04 Å². The Balaban J connectivity index is 1.60. The largest absolute Gasteiger partial charge is 0.363 e. The predicted octanol–water partition coefficient (Wildman–Crippen LogP) is 8.80. The van der Waals surface area contributed by atoms with Gasteiger partial charge in [0, 0.05) is 10.9 Å². The summed E-state index contributed by atoms with van der Waals surface area (Å²) in [4.78, 5) is 5.47. The number of nitrogens with one attached hydrogen (secondary N) is 1. The molecule has 2 fully saturated rings. The lowest BCUT2D eigenvalue weighted by molar-refractivity contribution is 0.278. The van der Waals surface area contributed by atoms with Crippen molar-refractivity contribution in [1.29, 1.82) is 0 Å². The van der Waals surface area contributed by atoms with E-state index in [0.29, 0.717) is 29.2 Å². The average Bonchev–Trinajstić information content (AvgIpc) is 3.08. The van der Waals surface area contributed by atoms with Crippen molar-refractivity contribution in [2.24, 2.45) is 22.7 Å². The second kappa shape index (κ2) is 13.7. The Morgan fingerprint density at radius 3 is 2.42 bits per heavy atom. The molecular weight excluding hydrogens is 460 g/mol. The molecule has 0 aromatic heterocycles. The molecule has 1 N–H and O–H groups in total. The van der Waals surface area contributed by atoms with Crippen molar-refractivity contribution in [3.05, 3.63) is 71.3 Å². The highest BCUT2D eigenvalue weighted by Gasteiger charge is 2.39. The smallest absolute Gasteiger partial charge is 0.129 e. The number of allylic oxidation sites excluding steroid dienone is 5. The van der Waals surface area contributed by atoms with Crippen LogP contribution in [0.15, 0.2) is 65.2 Å². The molecule has 5 atom stereocenters. The summed E-state index contributed by atoms with van der Waals surface area (Å²) in [6.45, 7) is 6.79. The van der Waals surface area contributed by atoms with Gasteiger partial charge in [0.05, 0.1) is 12.1 Å². The molecule has 0 spiro atoms. The van der Waals surface area contributed by atoms with Crippen LogP contribution in [0, 0.1) is 17.8 Å². The first-order valence-electron chi connectivity index (χ1n) is 14.6. The van der Waals surface area contributed by atoms with Crippen LogP contribution >= 0.6 is 11.6 Å². The lowest BCUT2D eigenvalue weighted by Gasteiger charge is -2.41. The van der Waals surface area contributed by atoms with Crippen molar-refractivity contribution >= 4 is 17.4 Å². The topological polar surface area (TPSA) is 24.4 Å². The van der Waals surface area contributed by atoms with Crippen molar-refractivity contribution in [3.8, 4) is 0 Å². The molecule has 3 heteroatoms. The molecule has 2 saturated carbocycles. The first-order chi connectivity index (χ1) is 17.6. The van der Waals surface area contributed by atoms with Crippen molar-refractivity contribution < 1.29 is 0 Å². The second-order valence-corrected chi connectivity index (χ2v) is 12.0. The van der Waals surface area contributed by atoms with Gasteiger partial charge in [0.15, 0.2) is 0 Å². The summed E-state index contributed by atoms with van der Waals surface area (Å²) < 4.78 is 0. The van der Waals surface area contributed by atoms with E-state index < -0.39 is 0 Å². The zero-order valence-corrected chi connectivity index (χ0v) is 23.5. The molecule has 0 amide bonds. The van der Waals surface area contributed by atoms with Gasteiger partial charge in [0.2, 0.25) is 0 Å². The van der Waals surface area contributed by atoms with Gasteiger partial charge in [-0.25, -0.2) is 0 Å². The fourth-order valence-electron chi connectivity index (χ4n) is 6.67. The van der Waals surface area contributed by atoms with E-state index in [1.165, 1.54) is 61.6 Å². The van der Waals surface area contributed by atoms with E-state index in [1.54, 1.807) is 0 Å². The summed E-state index contributed by atoms with van der Waals surface area (Å²) >= 11 is 6.67. The summed E-state index contributed by atoms with van der Waals surface area (Å²) in [5.74, 6) is 3.06. The van der Waals surface area contributed by atoms with Crippen molar-refractivity contribution in [2.75, 3.05) is 0 Å². The van der Waals surface area contributed by atoms with E-state index in [0.717, 1.165) is 31.5 Å². The molecule has 2 aliphatic carbocycles. The lowest BCUT2D eigenvalue weighted by Crippen LogP contribution is -2.50. The molecular formula is C33H47ClN2. The minimum Gasteiger partial charge on any atom is -0.363 e. The van der Waals surface area contributed by atoms with Gasteiger partial charge in [-0.1, -0.05) is 87.8 Å². The molecule has 196 valence electrons. The molecule has 4 unspecified atom stereocenters. The van der Waals surface area contributed by atoms with Gasteiger partial charge in [-0.3, -0.25) is 4.99 Å². The average molecular weight is 507 g/mol. The van der Waals surface area contributed by atoms with Crippen LogP contribution in [-0.2, 0) is 6.42 Å². The number of halogens is 1. The highest BCUT2D eigenvalue weighted by Crippen LogP contribution is 2.40. The van der Waals surface area contributed by atoms with Gasteiger partial charge in [-0.05, 0) is 87.2 Å². The highest BCUT2D eigenvalue weighted by molar-refractivity contribution is 6.20. The number of benzene rings is 1. The van der Waals surface area contributed by atoms with E-state index in [4.69, 9.17) is 16.6 Å². The lowest BCUT2D eigenvalue weighted by atomic mass is 9.74. The number of hydrogen-bond donors (Lipinski definition) is 1. The maximum Gasteiger partial charge on any atom is 0.129 e. The molecule has 0 radical (unpaired) electrons.